The fourth-order valence-electron chi connectivity index (χ4n) is 8.09. The van der Waals surface area contributed by atoms with Gasteiger partial charge in [0.05, 0.1) is 13.2 Å². The van der Waals surface area contributed by atoms with Crippen LogP contribution in [0, 0.1) is 17.8 Å². The fraction of sp³-hybridized carbons (Fsp3) is 0.980. The Bertz CT molecular complexity index is 782. The second-order valence-corrected chi connectivity index (χ2v) is 17.5. The predicted molar refractivity (Wildman–Crippen MR) is 245 cm³/mol. The van der Waals surface area contributed by atoms with E-state index >= 15 is 0 Å². The molecular weight excluding hydrogens is 727 g/mol. The number of aliphatic hydroxyl groups excluding tert-OH is 2. The molecule has 0 aliphatic carbocycles. The Balaban J connectivity index is 4.53. The highest BCUT2D eigenvalue weighted by atomic mass is 16.7. The first-order valence-corrected chi connectivity index (χ1v) is 25.4. The molecule has 1 atom stereocenters. The van der Waals surface area contributed by atoms with E-state index in [0.29, 0.717) is 64.1 Å². The van der Waals surface area contributed by atoms with Crippen LogP contribution in [0.4, 0.5) is 0 Å². The van der Waals surface area contributed by atoms with Gasteiger partial charge in [0.2, 0.25) is 0 Å². The normalized spacial score (nSPS) is 12.6. The van der Waals surface area contributed by atoms with Gasteiger partial charge in [-0.25, -0.2) is 0 Å². The molecule has 0 rings (SSSR count). The van der Waals surface area contributed by atoms with Crippen LogP contribution >= 0.6 is 0 Å². The minimum Gasteiger partial charge on any atom is -0.465 e. The topological polar surface area (TPSA) is 97.7 Å². The highest BCUT2D eigenvalue weighted by molar-refractivity contribution is 5.69. The van der Waals surface area contributed by atoms with Crippen LogP contribution in [0.1, 0.15) is 234 Å². The van der Waals surface area contributed by atoms with Crippen LogP contribution in [0.25, 0.3) is 0 Å². The maximum Gasteiger partial charge on any atom is 0.305 e. The standard InChI is InChI=1S/C50H101NO7/c1-7-13-25-45(26-14-8-2)33-41-55-48(53)31-21-19-23-37-51(39-40-52)38-24-20-22-32-49(54)56-44-36-50(57-42-34-46(27-15-9-3)28-16-10-4)58-43-35-47(29-17-11-5)30-18-12-6/h45-48,50,52-53H,7-44H2,1-6H3. The van der Waals surface area contributed by atoms with Gasteiger partial charge in [-0.05, 0) is 82.2 Å². The van der Waals surface area contributed by atoms with Gasteiger partial charge in [0.1, 0.15) is 0 Å². The van der Waals surface area contributed by atoms with Crippen LogP contribution in [-0.4, -0.2) is 86.3 Å². The molecule has 0 fully saturated rings. The third-order valence-electron chi connectivity index (χ3n) is 12.1. The summed E-state index contributed by atoms with van der Waals surface area (Å²) in [5.74, 6) is 2.01. The molecule has 0 aromatic carbocycles. The van der Waals surface area contributed by atoms with Crippen LogP contribution in [0.3, 0.4) is 0 Å². The third-order valence-corrected chi connectivity index (χ3v) is 12.1. The fourth-order valence-corrected chi connectivity index (χ4v) is 8.09. The molecule has 348 valence electrons. The molecule has 0 aromatic heterocycles. The molecule has 58 heavy (non-hydrogen) atoms. The van der Waals surface area contributed by atoms with Gasteiger partial charge in [0, 0.05) is 39.2 Å². The second-order valence-electron chi connectivity index (χ2n) is 17.5. The SMILES string of the molecule is CCCCC(CCCC)CCOC(O)CCCCCN(CCO)CCCCCC(=O)OCCC(OCCC(CCCC)CCCC)OCCC(CCCC)CCCC. The molecule has 8 nitrogen and oxygen atoms in total. The van der Waals surface area contributed by atoms with Gasteiger partial charge in [0.25, 0.3) is 0 Å². The Hall–Kier alpha value is -0.770. The summed E-state index contributed by atoms with van der Waals surface area (Å²) in [6.07, 6.45) is 32.5. The van der Waals surface area contributed by atoms with E-state index in [-0.39, 0.29) is 18.9 Å². The van der Waals surface area contributed by atoms with Crippen LogP contribution in [0.15, 0.2) is 0 Å². The van der Waals surface area contributed by atoms with Crippen molar-refractivity contribution in [1.29, 1.82) is 0 Å². The van der Waals surface area contributed by atoms with E-state index in [4.69, 9.17) is 18.9 Å². The first kappa shape index (κ1) is 57.2. The summed E-state index contributed by atoms with van der Waals surface area (Å²) in [4.78, 5) is 15.0. The quantitative estimate of drug-likeness (QED) is 0.0356. The van der Waals surface area contributed by atoms with Crippen molar-refractivity contribution in [3.63, 3.8) is 0 Å². The molecule has 1 unspecified atom stereocenters. The predicted octanol–water partition coefficient (Wildman–Crippen LogP) is 13.2. The van der Waals surface area contributed by atoms with E-state index in [1.165, 1.54) is 116 Å². The maximum absolute atomic E-state index is 12.7. The molecule has 0 aromatic rings. The Morgan fingerprint density at radius 3 is 1.28 bits per heavy atom. The lowest BCUT2D eigenvalue weighted by molar-refractivity contribution is -0.163. The molecule has 0 spiro atoms. The number of carbonyl (C=O) groups is 1. The first-order valence-electron chi connectivity index (χ1n) is 25.4. The number of hydrogen-bond acceptors (Lipinski definition) is 8. The van der Waals surface area contributed by atoms with Crippen molar-refractivity contribution in [3.05, 3.63) is 0 Å². The van der Waals surface area contributed by atoms with E-state index < -0.39 is 6.29 Å². The van der Waals surface area contributed by atoms with Crippen molar-refractivity contribution in [2.75, 3.05) is 52.7 Å². The minimum atomic E-state index is -0.664. The monoisotopic (exact) mass is 828 g/mol. The zero-order valence-electron chi connectivity index (χ0n) is 39.6. The van der Waals surface area contributed by atoms with Gasteiger partial charge in [-0.1, -0.05) is 170 Å². The molecule has 2 N–H and O–H groups in total. The van der Waals surface area contributed by atoms with E-state index in [0.717, 1.165) is 76.8 Å². The number of rotatable bonds is 47. The lowest BCUT2D eigenvalue weighted by Crippen LogP contribution is -2.29. The molecule has 0 aliphatic heterocycles. The molecule has 8 heteroatoms. The van der Waals surface area contributed by atoms with Crippen molar-refractivity contribution < 1.29 is 34.0 Å². The van der Waals surface area contributed by atoms with Crippen molar-refractivity contribution in [2.24, 2.45) is 17.8 Å². The Morgan fingerprint density at radius 2 is 0.862 bits per heavy atom. The molecule has 0 heterocycles. The van der Waals surface area contributed by atoms with Gasteiger partial charge in [-0.15, -0.1) is 0 Å². The van der Waals surface area contributed by atoms with Gasteiger partial charge in [-0.3, -0.25) is 4.79 Å². The number of nitrogens with zero attached hydrogens (tertiary/aromatic N) is 1. The number of hydrogen-bond donors (Lipinski definition) is 2. The van der Waals surface area contributed by atoms with Crippen LogP contribution < -0.4 is 0 Å². The third kappa shape index (κ3) is 37.0. The summed E-state index contributed by atoms with van der Waals surface area (Å²) >= 11 is 0. The summed E-state index contributed by atoms with van der Waals surface area (Å²) in [6, 6.07) is 0. The second kappa shape index (κ2) is 44.3. The van der Waals surface area contributed by atoms with E-state index in [9.17, 15) is 15.0 Å². The summed E-state index contributed by atoms with van der Waals surface area (Å²) in [6.45, 7) is 18.7. The van der Waals surface area contributed by atoms with Gasteiger partial charge < -0.3 is 34.1 Å². The summed E-state index contributed by atoms with van der Waals surface area (Å²) in [5, 5.41) is 20.0. The van der Waals surface area contributed by atoms with Crippen LogP contribution in [0.5, 0.6) is 0 Å². The highest BCUT2D eigenvalue weighted by Crippen LogP contribution is 2.23. The minimum absolute atomic E-state index is 0.136. The van der Waals surface area contributed by atoms with E-state index in [2.05, 4.69) is 46.4 Å². The summed E-state index contributed by atoms with van der Waals surface area (Å²) in [5.41, 5.74) is 0. The Morgan fingerprint density at radius 1 is 0.448 bits per heavy atom. The number of unbranched alkanes of at least 4 members (excludes halogenated alkanes) is 10. The average Bonchev–Trinajstić information content (AvgIpc) is 3.22. The molecule has 0 aliphatic rings. The van der Waals surface area contributed by atoms with Gasteiger partial charge in [0.15, 0.2) is 12.6 Å². The Kier molecular flexibility index (Phi) is 43.7. The number of esters is 1. The smallest absolute Gasteiger partial charge is 0.305 e. The van der Waals surface area contributed by atoms with Crippen molar-refractivity contribution in [1.82, 2.24) is 4.90 Å². The zero-order chi connectivity index (χ0) is 42.7. The van der Waals surface area contributed by atoms with Gasteiger partial charge >= 0.3 is 5.97 Å². The average molecular weight is 828 g/mol. The maximum atomic E-state index is 12.7. The lowest BCUT2D eigenvalue weighted by atomic mass is 9.93. The number of carbonyl (C=O) groups excluding carboxylic acids is 1. The largest absolute Gasteiger partial charge is 0.465 e. The zero-order valence-corrected chi connectivity index (χ0v) is 39.6. The molecule has 0 amide bonds. The molecule has 0 saturated heterocycles. The lowest BCUT2D eigenvalue weighted by Gasteiger charge is -2.23. The van der Waals surface area contributed by atoms with Crippen molar-refractivity contribution in [3.8, 4) is 0 Å². The van der Waals surface area contributed by atoms with Crippen molar-refractivity contribution in [2.45, 2.75) is 247 Å². The molecule has 0 saturated carbocycles. The molecular formula is C50H101NO7. The number of aliphatic hydroxyl groups is 2. The Labute approximate surface area is 361 Å². The highest BCUT2D eigenvalue weighted by Gasteiger charge is 2.17. The summed E-state index contributed by atoms with van der Waals surface area (Å²) < 4.78 is 24.2. The number of ether oxygens (including phenoxy) is 4. The van der Waals surface area contributed by atoms with Crippen LogP contribution in [0.2, 0.25) is 0 Å². The molecule has 0 radical (unpaired) electrons. The molecule has 0 bridgehead atoms. The van der Waals surface area contributed by atoms with E-state index in [1.54, 1.807) is 0 Å². The first-order chi connectivity index (χ1) is 28.4. The van der Waals surface area contributed by atoms with Crippen molar-refractivity contribution >= 4 is 5.97 Å². The van der Waals surface area contributed by atoms with E-state index in [1.807, 2.05) is 0 Å². The van der Waals surface area contributed by atoms with Crippen LogP contribution in [-0.2, 0) is 23.7 Å². The van der Waals surface area contributed by atoms with Gasteiger partial charge in [-0.2, -0.15) is 0 Å². The summed E-state index contributed by atoms with van der Waals surface area (Å²) in [7, 11) is 0.